The van der Waals surface area contributed by atoms with Crippen LogP contribution in [0.4, 0.5) is 0 Å². The van der Waals surface area contributed by atoms with Gasteiger partial charge < -0.3 is 10.0 Å². The van der Waals surface area contributed by atoms with E-state index in [9.17, 15) is 9.90 Å². The number of amides is 1. The van der Waals surface area contributed by atoms with E-state index in [1.54, 1.807) is 6.92 Å². The normalized spacial score (nSPS) is 20.1. The maximum atomic E-state index is 12.4. The molecule has 1 aromatic carbocycles. The lowest BCUT2D eigenvalue weighted by molar-refractivity contribution is -0.132. The van der Waals surface area contributed by atoms with Gasteiger partial charge in [0.2, 0.25) is 5.91 Å². The number of nitrogens with zero attached hydrogens (tertiary/aromatic N) is 1. The first-order chi connectivity index (χ1) is 9.58. The van der Waals surface area contributed by atoms with Crippen LogP contribution in [-0.4, -0.2) is 34.6 Å². The number of hydrogen-bond acceptors (Lipinski definition) is 2. The van der Waals surface area contributed by atoms with Gasteiger partial charge in [0.05, 0.1) is 6.10 Å². The van der Waals surface area contributed by atoms with E-state index in [1.165, 1.54) is 11.1 Å². The van der Waals surface area contributed by atoms with Crippen molar-refractivity contribution >= 4 is 5.91 Å². The highest BCUT2D eigenvalue weighted by Crippen LogP contribution is 2.23. The Morgan fingerprint density at radius 3 is 2.90 bits per heavy atom. The van der Waals surface area contributed by atoms with Gasteiger partial charge in [-0.3, -0.25) is 4.79 Å². The summed E-state index contributed by atoms with van der Waals surface area (Å²) in [6.07, 6.45) is 3.85. The third kappa shape index (κ3) is 3.83. The van der Waals surface area contributed by atoms with Crippen LogP contribution in [-0.2, 0) is 11.2 Å². The Morgan fingerprint density at radius 1 is 1.45 bits per heavy atom. The number of rotatable bonds is 5. The number of carbonyl (C=O) groups is 1. The zero-order valence-electron chi connectivity index (χ0n) is 12.5. The molecule has 0 bridgehead atoms. The minimum atomic E-state index is -0.329. The fourth-order valence-corrected chi connectivity index (χ4v) is 3.08. The Morgan fingerprint density at radius 2 is 2.20 bits per heavy atom. The monoisotopic (exact) mass is 275 g/mol. The number of aryl methyl sites for hydroxylation is 2. The van der Waals surface area contributed by atoms with E-state index in [2.05, 4.69) is 19.1 Å². The summed E-state index contributed by atoms with van der Waals surface area (Å²) in [6.45, 7) is 4.74. The summed E-state index contributed by atoms with van der Waals surface area (Å²) in [4.78, 5) is 14.3. The van der Waals surface area contributed by atoms with Crippen LogP contribution in [0.15, 0.2) is 24.3 Å². The molecule has 1 fully saturated rings. The molecule has 0 aliphatic carbocycles. The molecule has 2 rings (SSSR count). The van der Waals surface area contributed by atoms with Crippen LogP contribution in [0, 0.1) is 6.92 Å². The Kier molecular flexibility index (Phi) is 5.18. The van der Waals surface area contributed by atoms with Gasteiger partial charge in [0, 0.05) is 19.0 Å². The smallest absolute Gasteiger partial charge is 0.223 e. The second-order valence-corrected chi connectivity index (χ2v) is 5.89. The molecule has 0 spiro atoms. The van der Waals surface area contributed by atoms with Gasteiger partial charge >= 0.3 is 0 Å². The highest BCUT2D eigenvalue weighted by atomic mass is 16.3. The summed E-state index contributed by atoms with van der Waals surface area (Å²) in [5, 5.41) is 9.52. The van der Waals surface area contributed by atoms with Crippen molar-refractivity contribution in [2.45, 2.75) is 58.1 Å². The molecule has 1 aliphatic rings. The van der Waals surface area contributed by atoms with Crippen molar-refractivity contribution in [1.82, 2.24) is 4.90 Å². The van der Waals surface area contributed by atoms with E-state index in [4.69, 9.17) is 0 Å². The predicted octanol–water partition coefficient (Wildman–Crippen LogP) is 2.69. The minimum Gasteiger partial charge on any atom is -0.393 e. The third-order valence-electron chi connectivity index (χ3n) is 4.18. The average Bonchev–Trinajstić information content (AvgIpc) is 2.85. The molecule has 110 valence electrons. The van der Waals surface area contributed by atoms with Gasteiger partial charge in [-0.05, 0) is 50.7 Å². The minimum absolute atomic E-state index is 0.233. The van der Waals surface area contributed by atoms with Crippen molar-refractivity contribution in [2.24, 2.45) is 0 Å². The summed E-state index contributed by atoms with van der Waals surface area (Å²) in [6, 6.07) is 8.48. The Bertz CT molecular complexity index is 456. The Balaban J connectivity index is 1.90. The lowest BCUT2D eigenvalue weighted by atomic mass is 10.0. The highest BCUT2D eigenvalue weighted by molar-refractivity contribution is 5.77. The number of carbonyl (C=O) groups excluding carboxylic acids is 1. The van der Waals surface area contributed by atoms with E-state index in [1.807, 2.05) is 17.0 Å². The number of hydrogen-bond donors (Lipinski definition) is 1. The van der Waals surface area contributed by atoms with Crippen molar-refractivity contribution in [3.05, 3.63) is 35.4 Å². The van der Waals surface area contributed by atoms with Crippen molar-refractivity contribution in [3.63, 3.8) is 0 Å². The first-order valence-corrected chi connectivity index (χ1v) is 7.60. The molecule has 1 N–H and O–H groups in total. The van der Waals surface area contributed by atoms with E-state index >= 15 is 0 Å². The standard InChI is InChI=1S/C17H25NO2/c1-13-6-3-4-7-15(13)9-10-17(20)18-11-5-8-16(18)12-14(2)19/h3-4,6-7,14,16,19H,5,8-12H2,1-2H3. The predicted molar refractivity (Wildman–Crippen MR) is 80.5 cm³/mol. The lowest BCUT2D eigenvalue weighted by Crippen LogP contribution is -2.37. The summed E-state index contributed by atoms with van der Waals surface area (Å²) in [5.41, 5.74) is 2.51. The maximum absolute atomic E-state index is 12.4. The van der Waals surface area contributed by atoms with Gasteiger partial charge in [-0.1, -0.05) is 24.3 Å². The molecular weight excluding hydrogens is 250 g/mol. The molecule has 1 amide bonds. The van der Waals surface area contributed by atoms with Crippen molar-refractivity contribution in [1.29, 1.82) is 0 Å². The quantitative estimate of drug-likeness (QED) is 0.897. The maximum Gasteiger partial charge on any atom is 0.223 e. The summed E-state index contributed by atoms with van der Waals surface area (Å²) in [7, 11) is 0. The van der Waals surface area contributed by atoms with Gasteiger partial charge in [-0.15, -0.1) is 0 Å². The Hall–Kier alpha value is -1.35. The van der Waals surface area contributed by atoms with E-state index in [-0.39, 0.29) is 18.1 Å². The summed E-state index contributed by atoms with van der Waals surface area (Å²) >= 11 is 0. The van der Waals surface area contributed by atoms with Crippen LogP contribution >= 0.6 is 0 Å². The van der Waals surface area contributed by atoms with E-state index in [0.29, 0.717) is 12.8 Å². The molecule has 2 unspecified atom stereocenters. The fraction of sp³-hybridized carbons (Fsp3) is 0.588. The van der Waals surface area contributed by atoms with Crippen LogP contribution in [0.5, 0.6) is 0 Å². The largest absolute Gasteiger partial charge is 0.393 e. The first kappa shape index (κ1) is 15.0. The van der Waals surface area contributed by atoms with Gasteiger partial charge in [0.1, 0.15) is 0 Å². The van der Waals surface area contributed by atoms with Crippen LogP contribution in [0.1, 0.15) is 43.7 Å². The number of benzene rings is 1. The molecule has 0 aromatic heterocycles. The Labute approximate surface area is 121 Å². The van der Waals surface area contributed by atoms with E-state index < -0.39 is 0 Å². The van der Waals surface area contributed by atoms with Crippen LogP contribution in [0.3, 0.4) is 0 Å². The van der Waals surface area contributed by atoms with Crippen molar-refractivity contribution in [3.8, 4) is 0 Å². The fourth-order valence-electron chi connectivity index (χ4n) is 3.08. The molecule has 1 saturated heterocycles. The third-order valence-corrected chi connectivity index (χ3v) is 4.18. The van der Waals surface area contributed by atoms with Crippen LogP contribution in [0.25, 0.3) is 0 Å². The van der Waals surface area contributed by atoms with Gasteiger partial charge in [-0.25, -0.2) is 0 Å². The molecule has 3 nitrogen and oxygen atoms in total. The number of aliphatic hydroxyl groups is 1. The van der Waals surface area contributed by atoms with Gasteiger partial charge in [0.15, 0.2) is 0 Å². The topological polar surface area (TPSA) is 40.5 Å². The van der Waals surface area contributed by atoms with Crippen LogP contribution in [0.2, 0.25) is 0 Å². The molecule has 1 aromatic rings. The second kappa shape index (κ2) is 6.89. The molecule has 0 saturated carbocycles. The zero-order valence-corrected chi connectivity index (χ0v) is 12.5. The molecule has 1 heterocycles. The zero-order chi connectivity index (χ0) is 14.5. The molecule has 0 radical (unpaired) electrons. The molecular formula is C17H25NO2. The second-order valence-electron chi connectivity index (χ2n) is 5.89. The summed E-state index contributed by atoms with van der Waals surface area (Å²) in [5.74, 6) is 0.233. The van der Waals surface area contributed by atoms with Crippen LogP contribution < -0.4 is 0 Å². The first-order valence-electron chi connectivity index (χ1n) is 7.60. The van der Waals surface area contributed by atoms with Crippen molar-refractivity contribution in [2.75, 3.05) is 6.54 Å². The van der Waals surface area contributed by atoms with Gasteiger partial charge in [0.25, 0.3) is 0 Å². The SMILES string of the molecule is Cc1ccccc1CCC(=O)N1CCCC1CC(C)O. The molecule has 20 heavy (non-hydrogen) atoms. The molecule has 1 aliphatic heterocycles. The van der Waals surface area contributed by atoms with Gasteiger partial charge in [-0.2, -0.15) is 0 Å². The average molecular weight is 275 g/mol. The highest BCUT2D eigenvalue weighted by Gasteiger charge is 2.28. The summed E-state index contributed by atoms with van der Waals surface area (Å²) < 4.78 is 0. The number of aliphatic hydroxyl groups excluding tert-OH is 1. The molecule has 3 heteroatoms. The van der Waals surface area contributed by atoms with E-state index in [0.717, 1.165) is 25.8 Å². The lowest BCUT2D eigenvalue weighted by Gasteiger charge is -2.26. The van der Waals surface area contributed by atoms with Crippen molar-refractivity contribution < 1.29 is 9.90 Å². The molecule has 2 atom stereocenters. The number of likely N-dealkylation sites (tertiary alicyclic amines) is 1.